The second kappa shape index (κ2) is 6.63. The predicted molar refractivity (Wildman–Crippen MR) is 89.4 cm³/mol. The van der Waals surface area contributed by atoms with E-state index in [2.05, 4.69) is 43.0 Å². The van der Waals surface area contributed by atoms with Crippen molar-refractivity contribution in [3.8, 4) is 0 Å². The number of anilines is 2. The van der Waals surface area contributed by atoms with Gasteiger partial charge < -0.3 is 11.1 Å². The molecule has 4 nitrogen and oxygen atoms in total. The van der Waals surface area contributed by atoms with Crippen LogP contribution in [-0.4, -0.2) is 16.5 Å². The van der Waals surface area contributed by atoms with Gasteiger partial charge in [-0.05, 0) is 30.6 Å². The molecule has 0 spiro atoms. The van der Waals surface area contributed by atoms with Crippen molar-refractivity contribution in [2.24, 2.45) is 11.3 Å². The van der Waals surface area contributed by atoms with E-state index >= 15 is 0 Å². The van der Waals surface area contributed by atoms with Crippen LogP contribution < -0.4 is 11.1 Å². The zero-order chi connectivity index (χ0) is 15.5. The average molecular weight is 290 g/mol. The van der Waals surface area contributed by atoms with Crippen molar-refractivity contribution in [2.45, 2.75) is 65.7 Å². The van der Waals surface area contributed by atoms with Crippen molar-refractivity contribution in [1.29, 1.82) is 0 Å². The summed E-state index contributed by atoms with van der Waals surface area (Å²) < 4.78 is 0. The molecule has 3 N–H and O–H groups in total. The Balaban J connectivity index is 2.07. The first-order valence-electron chi connectivity index (χ1n) is 8.28. The van der Waals surface area contributed by atoms with Gasteiger partial charge in [0.05, 0.1) is 0 Å². The molecular formula is C17H30N4. The lowest BCUT2D eigenvalue weighted by molar-refractivity contribution is 0.252. The molecule has 1 aromatic heterocycles. The maximum absolute atomic E-state index is 5.90. The van der Waals surface area contributed by atoms with Crippen molar-refractivity contribution < 1.29 is 0 Å². The molecule has 0 unspecified atom stereocenters. The van der Waals surface area contributed by atoms with Gasteiger partial charge in [0.1, 0.15) is 17.5 Å². The average Bonchev–Trinajstić information content (AvgIpc) is 2.84. The Labute approximate surface area is 128 Å². The second-order valence-electron chi connectivity index (χ2n) is 7.35. The van der Waals surface area contributed by atoms with E-state index in [-0.39, 0.29) is 0 Å². The van der Waals surface area contributed by atoms with E-state index in [1.807, 2.05) is 6.07 Å². The smallest absolute Gasteiger partial charge is 0.135 e. The molecule has 0 aliphatic heterocycles. The van der Waals surface area contributed by atoms with E-state index in [0.717, 1.165) is 24.1 Å². The van der Waals surface area contributed by atoms with Crippen LogP contribution in [0.3, 0.4) is 0 Å². The molecule has 21 heavy (non-hydrogen) atoms. The Morgan fingerprint density at radius 2 is 1.86 bits per heavy atom. The van der Waals surface area contributed by atoms with Crippen LogP contribution in [0.25, 0.3) is 0 Å². The predicted octanol–water partition coefficient (Wildman–Crippen LogP) is 4.20. The molecule has 4 heteroatoms. The van der Waals surface area contributed by atoms with Gasteiger partial charge in [0.2, 0.25) is 0 Å². The number of nitrogens with one attached hydrogen (secondary N) is 1. The van der Waals surface area contributed by atoms with E-state index in [1.54, 1.807) is 0 Å². The summed E-state index contributed by atoms with van der Waals surface area (Å²) in [5, 5.41) is 3.54. The van der Waals surface area contributed by atoms with Gasteiger partial charge in [-0.15, -0.1) is 0 Å². The van der Waals surface area contributed by atoms with Gasteiger partial charge in [-0.3, -0.25) is 0 Å². The maximum Gasteiger partial charge on any atom is 0.135 e. The summed E-state index contributed by atoms with van der Waals surface area (Å²) in [4.78, 5) is 8.91. The fourth-order valence-electron chi connectivity index (χ4n) is 3.56. The van der Waals surface area contributed by atoms with Crippen LogP contribution in [0.4, 0.5) is 11.6 Å². The third-order valence-corrected chi connectivity index (χ3v) is 4.43. The molecule has 0 radical (unpaired) electrons. The zero-order valence-electron chi connectivity index (χ0n) is 13.9. The van der Waals surface area contributed by atoms with Gasteiger partial charge in [-0.1, -0.05) is 40.5 Å². The molecule has 0 bridgehead atoms. The van der Waals surface area contributed by atoms with Crippen LogP contribution in [0, 0.1) is 11.3 Å². The Morgan fingerprint density at radius 1 is 1.19 bits per heavy atom. The summed E-state index contributed by atoms with van der Waals surface area (Å²) >= 11 is 0. The van der Waals surface area contributed by atoms with Crippen molar-refractivity contribution >= 4 is 11.6 Å². The molecule has 1 fully saturated rings. The van der Waals surface area contributed by atoms with Crippen LogP contribution in [-0.2, 0) is 0 Å². The number of rotatable bonds is 6. The van der Waals surface area contributed by atoms with E-state index in [0.29, 0.717) is 17.2 Å². The molecule has 2 rings (SSSR count). The first-order chi connectivity index (χ1) is 9.90. The first kappa shape index (κ1) is 16.1. The number of nitrogens with two attached hydrogens (primary N) is 1. The fraction of sp³-hybridized carbons (Fsp3) is 0.765. The number of hydrogen-bond acceptors (Lipinski definition) is 4. The van der Waals surface area contributed by atoms with Crippen LogP contribution in [0.15, 0.2) is 6.07 Å². The lowest BCUT2D eigenvalue weighted by Gasteiger charge is -2.31. The highest BCUT2D eigenvalue weighted by Gasteiger charge is 2.34. The lowest BCUT2D eigenvalue weighted by atomic mass is 9.78. The molecule has 1 aliphatic carbocycles. The largest absolute Gasteiger partial charge is 0.384 e. The van der Waals surface area contributed by atoms with Crippen LogP contribution in [0.5, 0.6) is 0 Å². The minimum atomic E-state index is 0.296. The standard InChI is InChI=1S/C17H30N4/c1-12(2)10-17(7-5-6-8-17)11-19-15-9-14(18)20-16(21-15)13(3)4/h9,12-13H,5-8,10-11H2,1-4H3,(H3,18,19,20,21). The van der Waals surface area contributed by atoms with Crippen LogP contribution >= 0.6 is 0 Å². The molecule has 118 valence electrons. The number of hydrogen-bond donors (Lipinski definition) is 2. The van der Waals surface area contributed by atoms with Gasteiger partial charge >= 0.3 is 0 Å². The summed E-state index contributed by atoms with van der Waals surface area (Å²) in [6.45, 7) is 9.82. The molecule has 0 amide bonds. The van der Waals surface area contributed by atoms with Gasteiger partial charge in [0, 0.05) is 18.5 Å². The minimum absolute atomic E-state index is 0.296. The summed E-state index contributed by atoms with van der Waals surface area (Å²) in [5.74, 6) is 3.29. The maximum atomic E-state index is 5.90. The minimum Gasteiger partial charge on any atom is -0.384 e. The van der Waals surface area contributed by atoms with Crippen molar-refractivity contribution in [1.82, 2.24) is 9.97 Å². The van der Waals surface area contributed by atoms with Crippen molar-refractivity contribution in [2.75, 3.05) is 17.6 Å². The van der Waals surface area contributed by atoms with Gasteiger partial charge in [-0.2, -0.15) is 0 Å². The highest BCUT2D eigenvalue weighted by atomic mass is 15.1. The molecule has 0 aromatic carbocycles. The Hall–Kier alpha value is -1.32. The Morgan fingerprint density at radius 3 is 2.43 bits per heavy atom. The van der Waals surface area contributed by atoms with Crippen LogP contribution in [0.1, 0.15) is 71.5 Å². The Bertz CT molecular complexity index is 462. The molecule has 0 saturated heterocycles. The molecule has 1 heterocycles. The number of nitrogens with zero attached hydrogens (tertiary/aromatic N) is 2. The zero-order valence-corrected chi connectivity index (χ0v) is 13.9. The lowest BCUT2D eigenvalue weighted by Crippen LogP contribution is -2.29. The first-order valence-corrected chi connectivity index (χ1v) is 8.28. The van der Waals surface area contributed by atoms with E-state index in [4.69, 9.17) is 5.73 Å². The summed E-state index contributed by atoms with van der Waals surface area (Å²) in [6.07, 6.45) is 6.66. The normalized spacial score (nSPS) is 17.6. The topological polar surface area (TPSA) is 63.8 Å². The highest BCUT2D eigenvalue weighted by Crippen LogP contribution is 2.43. The summed E-state index contributed by atoms with van der Waals surface area (Å²) in [7, 11) is 0. The number of nitrogen functional groups attached to an aromatic ring is 1. The molecule has 1 saturated carbocycles. The van der Waals surface area contributed by atoms with Crippen molar-refractivity contribution in [3.63, 3.8) is 0 Å². The molecule has 1 aromatic rings. The fourth-order valence-corrected chi connectivity index (χ4v) is 3.56. The monoisotopic (exact) mass is 290 g/mol. The van der Waals surface area contributed by atoms with E-state index < -0.39 is 0 Å². The Kier molecular flexibility index (Phi) is 5.07. The van der Waals surface area contributed by atoms with E-state index in [9.17, 15) is 0 Å². The summed E-state index contributed by atoms with van der Waals surface area (Å²) in [6, 6.07) is 1.85. The van der Waals surface area contributed by atoms with Gasteiger partial charge in [0.15, 0.2) is 0 Å². The molecule has 0 atom stereocenters. The summed E-state index contributed by atoms with van der Waals surface area (Å²) in [5.41, 5.74) is 6.34. The SMILES string of the molecule is CC(C)CC1(CNc2cc(N)nc(C(C)C)n2)CCCC1. The number of aromatic nitrogens is 2. The van der Waals surface area contributed by atoms with E-state index in [1.165, 1.54) is 32.1 Å². The van der Waals surface area contributed by atoms with Gasteiger partial charge in [-0.25, -0.2) is 9.97 Å². The third kappa shape index (κ3) is 4.32. The van der Waals surface area contributed by atoms with Crippen molar-refractivity contribution in [3.05, 3.63) is 11.9 Å². The highest BCUT2D eigenvalue weighted by molar-refractivity contribution is 5.45. The third-order valence-electron chi connectivity index (χ3n) is 4.43. The van der Waals surface area contributed by atoms with Gasteiger partial charge in [0.25, 0.3) is 0 Å². The molecule has 1 aliphatic rings. The quantitative estimate of drug-likeness (QED) is 0.824. The second-order valence-corrected chi connectivity index (χ2v) is 7.35. The molecular weight excluding hydrogens is 260 g/mol. The van der Waals surface area contributed by atoms with Crippen LogP contribution in [0.2, 0.25) is 0 Å².